The van der Waals surface area contributed by atoms with E-state index in [1.54, 1.807) is 18.2 Å². The second kappa shape index (κ2) is 6.61. The highest BCUT2D eigenvalue weighted by molar-refractivity contribution is 7.89. The molecule has 26 heavy (non-hydrogen) atoms. The quantitative estimate of drug-likeness (QED) is 0.648. The first kappa shape index (κ1) is 16.8. The molecule has 0 amide bonds. The Morgan fingerprint density at radius 1 is 1.00 bits per heavy atom. The minimum absolute atomic E-state index is 0.107. The predicted molar refractivity (Wildman–Crippen MR) is 103 cm³/mol. The molecule has 1 aliphatic rings. The van der Waals surface area contributed by atoms with E-state index in [-0.39, 0.29) is 5.75 Å². The SMILES string of the molecule is O=Cc1cn(S(=O)(=O)Cc2ccccc2)c2ccc(N3CCCC3)cc12. The first-order valence-corrected chi connectivity index (χ1v) is 10.3. The van der Waals surface area contributed by atoms with Gasteiger partial charge in [0.15, 0.2) is 6.29 Å². The van der Waals surface area contributed by atoms with Crippen LogP contribution in [-0.2, 0) is 15.8 Å². The third kappa shape index (κ3) is 3.01. The van der Waals surface area contributed by atoms with E-state index in [9.17, 15) is 13.2 Å². The molecule has 2 aromatic carbocycles. The largest absolute Gasteiger partial charge is 0.372 e. The summed E-state index contributed by atoms with van der Waals surface area (Å²) in [6, 6.07) is 14.7. The summed E-state index contributed by atoms with van der Waals surface area (Å²) in [6.45, 7) is 1.99. The van der Waals surface area contributed by atoms with Crippen LogP contribution in [0.5, 0.6) is 0 Å². The van der Waals surface area contributed by atoms with Gasteiger partial charge in [-0.05, 0) is 36.6 Å². The maximum absolute atomic E-state index is 12.9. The highest BCUT2D eigenvalue weighted by atomic mass is 32.2. The summed E-state index contributed by atoms with van der Waals surface area (Å²) in [5.41, 5.74) is 2.70. The number of hydrogen-bond acceptors (Lipinski definition) is 4. The zero-order valence-electron chi connectivity index (χ0n) is 14.3. The highest BCUT2D eigenvalue weighted by Gasteiger charge is 2.21. The lowest BCUT2D eigenvalue weighted by Gasteiger charge is -2.17. The topological polar surface area (TPSA) is 59.4 Å². The van der Waals surface area contributed by atoms with Crippen molar-refractivity contribution in [3.05, 3.63) is 65.9 Å². The molecule has 134 valence electrons. The minimum Gasteiger partial charge on any atom is -0.372 e. The van der Waals surface area contributed by atoms with Crippen LogP contribution < -0.4 is 4.90 Å². The molecule has 0 N–H and O–H groups in total. The maximum Gasteiger partial charge on any atom is 0.243 e. The van der Waals surface area contributed by atoms with Crippen molar-refractivity contribution in [2.75, 3.05) is 18.0 Å². The number of hydrogen-bond donors (Lipinski definition) is 0. The molecule has 0 spiro atoms. The Labute approximate surface area is 152 Å². The van der Waals surface area contributed by atoms with Gasteiger partial charge < -0.3 is 4.90 Å². The van der Waals surface area contributed by atoms with Gasteiger partial charge in [0.1, 0.15) is 0 Å². The normalized spacial score (nSPS) is 14.8. The average Bonchev–Trinajstić information content (AvgIpc) is 3.29. The Morgan fingerprint density at radius 3 is 2.42 bits per heavy atom. The van der Waals surface area contributed by atoms with Crippen LogP contribution in [0.15, 0.2) is 54.7 Å². The minimum atomic E-state index is -3.62. The van der Waals surface area contributed by atoms with Gasteiger partial charge in [0.25, 0.3) is 0 Å². The average molecular weight is 368 g/mol. The Hall–Kier alpha value is -2.60. The molecule has 1 aliphatic heterocycles. The molecular weight excluding hydrogens is 348 g/mol. The number of benzene rings is 2. The molecule has 0 unspecified atom stereocenters. The number of carbonyl (C=O) groups is 1. The van der Waals surface area contributed by atoms with Crippen LogP contribution in [0.2, 0.25) is 0 Å². The molecule has 3 aromatic rings. The maximum atomic E-state index is 12.9. The third-order valence-electron chi connectivity index (χ3n) is 4.87. The molecule has 4 rings (SSSR count). The molecule has 1 aromatic heterocycles. The van der Waals surface area contributed by atoms with Crippen molar-refractivity contribution in [2.24, 2.45) is 0 Å². The molecule has 1 fully saturated rings. The molecule has 6 heteroatoms. The summed E-state index contributed by atoms with van der Waals surface area (Å²) < 4.78 is 27.1. The van der Waals surface area contributed by atoms with E-state index in [0.717, 1.165) is 43.5 Å². The number of anilines is 1. The van der Waals surface area contributed by atoms with Crippen LogP contribution in [0.25, 0.3) is 10.9 Å². The van der Waals surface area contributed by atoms with Crippen molar-refractivity contribution in [3.63, 3.8) is 0 Å². The standard InChI is InChI=1S/C20H20N2O3S/c23-14-17-13-22(26(24,25)15-16-6-2-1-3-7-16)20-9-8-18(12-19(17)20)21-10-4-5-11-21/h1-3,6-9,12-14H,4-5,10-11,15H2. The summed E-state index contributed by atoms with van der Waals surface area (Å²) >= 11 is 0. The molecule has 1 saturated heterocycles. The van der Waals surface area contributed by atoms with Gasteiger partial charge in [-0.3, -0.25) is 4.79 Å². The second-order valence-corrected chi connectivity index (χ2v) is 8.48. The van der Waals surface area contributed by atoms with Crippen molar-refractivity contribution in [1.29, 1.82) is 0 Å². The number of carbonyl (C=O) groups excluding carboxylic acids is 1. The van der Waals surface area contributed by atoms with E-state index in [2.05, 4.69) is 4.90 Å². The van der Waals surface area contributed by atoms with E-state index >= 15 is 0 Å². The Morgan fingerprint density at radius 2 is 1.73 bits per heavy atom. The first-order chi connectivity index (χ1) is 12.6. The molecule has 0 atom stereocenters. The monoisotopic (exact) mass is 368 g/mol. The number of rotatable bonds is 5. The van der Waals surface area contributed by atoms with E-state index in [4.69, 9.17) is 0 Å². The van der Waals surface area contributed by atoms with E-state index < -0.39 is 10.0 Å². The highest BCUT2D eigenvalue weighted by Crippen LogP contribution is 2.29. The van der Waals surface area contributed by atoms with Gasteiger partial charge in [-0.15, -0.1) is 0 Å². The van der Waals surface area contributed by atoms with Crippen molar-refractivity contribution in [3.8, 4) is 0 Å². The van der Waals surface area contributed by atoms with Crippen molar-refractivity contribution in [2.45, 2.75) is 18.6 Å². The van der Waals surface area contributed by atoms with Gasteiger partial charge in [-0.1, -0.05) is 30.3 Å². The fourth-order valence-corrected chi connectivity index (χ4v) is 5.05. The fraction of sp³-hybridized carbons (Fsp3) is 0.250. The number of aldehydes is 1. The summed E-state index contributed by atoms with van der Waals surface area (Å²) in [7, 11) is -3.62. The number of nitrogens with zero attached hydrogens (tertiary/aromatic N) is 2. The van der Waals surface area contributed by atoms with E-state index in [0.29, 0.717) is 16.5 Å². The second-order valence-electron chi connectivity index (χ2n) is 6.64. The fourth-order valence-electron chi connectivity index (χ4n) is 3.56. The van der Waals surface area contributed by atoms with Crippen LogP contribution in [0, 0.1) is 0 Å². The molecule has 0 saturated carbocycles. The van der Waals surface area contributed by atoms with Crippen molar-refractivity contribution >= 4 is 32.9 Å². The molecule has 0 bridgehead atoms. The summed E-state index contributed by atoms with van der Waals surface area (Å²) in [5.74, 6) is -0.107. The van der Waals surface area contributed by atoms with Crippen LogP contribution in [0.3, 0.4) is 0 Å². The molecular formula is C20H20N2O3S. The van der Waals surface area contributed by atoms with Crippen LogP contribution >= 0.6 is 0 Å². The van der Waals surface area contributed by atoms with Crippen molar-refractivity contribution in [1.82, 2.24) is 3.97 Å². The van der Waals surface area contributed by atoms with E-state index in [1.165, 1.54) is 10.2 Å². The van der Waals surface area contributed by atoms with Gasteiger partial charge >= 0.3 is 0 Å². The van der Waals surface area contributed by atoms with Crippen LogP contribution in [0.4, 0.5) is 5.69 Å². The van der Waals surface area contributed by atoms with Gasteiger partial charge in [0.2, 0.25) is 10.0 Å². The first-order valence-electron chi connectivity index (χ1n) is 8.71. The van der Waals surface area contributed by atoms with Gasteiger partial charge in [0, 0.05) is 35.9 Å². The summed E-state index contributed by atoms with van der Waals surface area (Å²) in [5, 5.41) is 0.682. The Kier molecular flexibility index (Phi) is 4.28. The van der Waals surface area contributed by atoms with Gasteiger partial charge in [-0.25, -0.2) is 12.4 Å². The lowest BCUT2D eigenvalue weighted by molar-refractivity contribution is 0.112. The smallest absolute Gasteiger partial charge is 0.243 e. The van der Waals surface area contributed by atoms with E-state index in [1.807, 2.05) is 30.3 Å². The Balaban J connectivity index is 1.79. The number of aromatic nitrogens is 1. The molecule has 0 aliphatic carbocycles. The zero-order chi connectivity index (χ0) is 18.1. The lowest BCUT2D eigenvalue weighted by atomic mass is 10.1. The van der Waals surface area contributed by atoms with Crippen LogP contribution in [0.1, 0.15) is 28.8 Å². The Bertz CT molecular complexity index is 1050. The lowest BCUT2D eigenvalue weighted by Crippen LogP contribution is -2.17. The summed E-state index contributed by atoms with van der Waals surface area (Å²) in [4.78, 5) is 13.8. The van der Waals surface area contributed by atoms with Crippen LogP contribution in [-0.4, -0.2) is 31.8 Å². The third-order valence-corrected chi connectivity index (χ3v) is 6.47. The molecule has 2 heterocycles. The number of fused-ring (bicyclic) bond motifs is 1. The van der Waals surface area contributed by atoms with Gasteiger partial charge in [0.05, 0.1) is 11.3 Å². The van der Waals surface area contributed by atoms with Gasteiger partial charge in [-0.2, -0.15) is 0 Å². The molecule has 0 radical (unpaired) electrons. The van der Waals surface area contributed by atoms with Crippen molar-refractivity contribution < 1.29 is 13.2 Å². The summed E-state index contributed by atoms with van der Waals surface area (Å²) in [6.07, 6.45) is 4.48. The predicted octanol–water partition coefficient (Wildman–Crippen LogP) is 3.43. The zero-order valence-corrected chi connectivity index (χ0v) is 15.2. The molecule has 5 nitrogen and oxygen atoms in total.